The van der Waals surface area contributed by atoms with Gasteiger partial charge in [0.25, 0.3) is 6.43 Å². The lowest BCUT2D eigenvalue weighted by molar-refractivity contribution is -0.136. The molecule has 0 aliphatic rings. The molecule has 0 bridgehead atoms. The quantitative estimate of drug-likeness (QED) is 0.815. The largest absolute Gasteiger partial charge is 0.493 e. The minimum atomic E-state index is -2.80. The first kappa shape index (κ1) is 12.2. The van der Waals surface area contributed by atoms with Crippen molar-refractivity contribution < 1.29 is 23.4 Å². The summed E-state index contributed by atoms with van der Waals surface area (Å²) in [7, 11) is 1.26. The van der Waals surface area contributed by atoms with Crippen molar-refractivity contribution >= 4 is 11.8 Å². The Bertz CT molecular complexity index is 410. The molecule has 0 saturated carbocycles. The van der Waals surface area contributed by atoms with Gasteiger partial charge in [0.05, 0.1) is 13.5 Å². The van der Waals surface area contributed by atoms with E-state index < -0.39 is 24.5 Å². The van der Waals surface area contributed by atoms with Crippen LogP contribution in [0.5, 0.6) is 5.75 Å². The summed E-state index contributed by atoms with van der Waals surface area (Å²) in [5, 5.41) is 8.60. The monoisotopic (exact) mass is 232 g/mol. The summed E-state index contributed by atoms with van der Waals surface area (Å²) in [6, 6.07) is 0.980. The van der Waals surface area contributed by atoms with Crippen LogP contribution in [0.15, 0.2) is 6.07 Å². The first-order chi connectivity index (χ1) is 7.45. The van der Waals surface area contributed by atoms with Gasteiger partial charge in [0.15, 0.2) is 11.6 Å². The second-order valence-corrected chi connectivity index (χ2v) is 3.00. The molecule has 0 spiro atoms. The van der Waals surface area contributed by atoms with Crippen LogP contribution in [0.2, 0.25) is 0 Å². The van der Waals surface area contributed by atoms with Crippen LogP contribution in [-0.4, -0.2) is 23.2 Å². The maximum absolute atomic E-state index is 12.4. The fourth-order valence-corrected chi connectivity index (χ4v) is 1.27. The third-order valence-corrected chi connectivity index (χ3v) is 1.87. The van der Waals surface area contributed by atoms with E-state index in [4.69, 9.17) is 15.6 Å². The molecule has 0 fully saturated rings. The normalized spacial score (nSPS) is 10.5. The van der Waals surface area contributed by atoms with Crippen molar-refractivity contribution in [2.24, 2.45) is 0 Å². The van der Waals surface area contributed by atoms with Crippen molar-refractivity contribution in [2.45, 2.75) is 12.8 Å². The highest BCUT2D eigenvalue weighted by Gasteiger charge is 2.18. The van der Waals surface area contributed by atoms with Crippen LogP contribution in [0.3, 0.4) is 0 Å². The highest BCUT2D eigenvalue weighted by molar-refractivity contribution is 5.72. The predicted molar refractivity (Wildman–Crippen MR) is 51.5 cm³/mol. The zero-order valence-corrected chi connectivity index (χ0v) is 8.41. The molecule has 0 unspecified atom stereocenters. The van der Waals surface area contributed by atoms with Crippen molar-refractivity contribution in [1.82, 2.24) is 4.98 Å². The number of nitrogen functional groups attached to an aromatic ring is 1. The lowest BCUT2D eigenvalue weighted by Gasteiger charge is -2.11. The number of alkyl halides is 2. The molecular weight excluding hydrogens is 222 g/mol. The summed E-state index contributed by atoms with van der Waals surface area (Å²) in [4.78, 5) is 13.9. The number of nitrogens with zero attached hydrogens (tertiary/aromatic N) is 1. The Kier molecular flexibility index (Phi) is 3.60. The van der Waals surface area contributed by atoms with Crippen LogP contribution in [0.25, 0.3) is 0 Å². The van der Waals surface area contributed by atoms with Crippen molar-refractivity contribution in [1.29, 1.82) is 0 Å². The number of carbonyl (C=O) groups is 1. The molecule has 1 heterocycles. The molecule has 16 heavy (non-hydrogen) atoms. The summed E-state index contributed by atoms with van der Waals surface area (Å²) >= 11 is 0. The first-order valence-corrected chi connectivity index (χ1v) is 4.29. The van der Waals surface area contributed by atoms with Gasteiger partial charge in [0.2, 0.25) is 0 Å². The molecule has 0 atom stereocenters. The second kappa shape index (κ2) is 4.73. The van der Waals surface area contributed by atoms with Crippen molar-refractivity contribution in [3.63, 3.8) is 0 Å². The average molecular weight is 232 g/mol. The molecule has 1 aromatic rings. The Balaban J connectivity index is 3.24. The number of hydrogen-bond donors (Lipinski definition) is 2. The highest BCUT2D eigenvalue weighted by atomic mass is 19.3. The van der Waals surface area contributed by atoms with E-state index in [9.17, 15) is 13.6 Å². The standard InChI is InChI=1S/C9H10F2N2O3/c1-16-7-4(3-6(14)15)2-5(8(10)11)13-9(7)12/h2,8H,3H2,1H3,(H2,12,13)(H,14,15). The number of aromatic nitrogens is 1. The SMILES string of the molecule is COc1c(CC(=O)O)cc(C(F)F)nc1N. The fraction of sp³-hybridized carbons (Fsp3) is 0.333. The van der Waals surface area contributed by atoms with E-state index in [-0.39, 0.29) is 17.1 Å². The van der Waals surface area contributed by atoms with Crippen LogP contribution < -0.4 is 10.5 Å². The minimum absolute atomic E-state index is 0.0202. The third-order valence-electron chi connectivity index (χ3n) is 1.87. The van der Waals surface area contributed by atoms with Crippen molar-refractivity contribution in [2.75, 3.05) is 12.8 Å². The van der Waals surface area contributed by atoms with Crippen LogP contribution in [-0.2, 0) is 11.2 Å². The van der Waals surface area contributed by atoms with Gasteiger partial charge >= 0.3 is 5.97 Å². The average Bonchev–Trinajstić information content (AvgIpc) is 2.16. The van der Waals surface area contributed by atoms with Crippen LogP contribution in [0.1, 0.15) is 17.7 Å². The van der Waals surface area contributed by atoms with Gasteiger partial charge in [-0.25, -0.2) is 13.8 Å². The number of anilines is 1. The van der Waals surface area contributed by atoms with E-state index in [0.717, 1.165) is 6.07 Å². The van der Waals surface area contributed by atoms with Crippen molar-refractivity contribution in [3.8, 4) is 5.75 Å². The van der Waals surface area contributed by atoms with E-state index in [2.05, 4.69) is 4.98 Å². The number of nitrogens with two attached hydrogens (primary N) is 1. The van der Waals surface area contributed by atoms with Gasteiger partial charge in [-0.05, 0) is 6.07 Å². The van der Waals surface area contributed by atoms with Crippen LogP contribution >= 0.6 is 0 Å². The summed E-state index contributed by atoms with van der Waals surface area (Å²) in [6.45, 7) is 0. The summed E-state index contributed by atoms with van der Waals surface area (Å²) in [5.41, 5.74) is 4.90. The number of pyridine rings is 1. The van der Waals surface area contributed by atoms with Gasteiger partial charge in [-0.2, -0.15) is 0 Å². The topological polar surface area (TPSA) is 85.4 Å². The fourth-order valence-electron chi connectivity index (χ4n) is 1.27. The minimum Gasteiger partial charge on any atom is -0.493 e. The number of hydrogen-bond acceptors (Lipinski definition) is 4. The predicted octanol–water partition coefficient (Wildman–Crippen LogP) is 1.24. The molecule has 0 aliphatic heterocycles. The number of methoxy groups -OCH3 is 1. The lowest BCUT2D eigenvalue weighted by Crippen LogP contribution is -2.08. The molecule has 3 N–H and O–H groups in total. The Morgan fingerprint density at radius 2 is 2.31 bits per heavy atom. The number of carboxylic acid groups (broad SMARTS) is 1. The second-order valence-electron chi connectivity index (χ2n) is 3.00. The molecule has 0 amide bonds. The van der Waals surface area contributed by atoms with E-state index in [0.29, 0.717) is 0 Å². The van der Waals surface area contributed by atoms with Crippen LogP contribution in [0, 0.1) is 0 Å². The van der Waals surface area contributed by atoms with E-state index in [1.165, 1.54) is 7.11 Å². The molecular formula is C9H10F2N2O3. The summed E-state index contributed by atoms with van der Waals surface area (Å²) in [5.74, 6) is -1.38. The molecule has 7 heteroatoms. The molecule has 0 aliphatic carbocycles. The first-order valence-electron chi connectivity index (χ1n) is 4.29. The lowest BCUT2D eigenvalue weighted by atomic mass is 10.1. The molecule has 0 saturated heterocycles. The Morgan fingerprint density at radius 1 is 1.69 bits per heavy atom. The number of carboxylic acids is 1. The van der Waals surface area contributed by atoms with Gasteiger partial charge < -0.3 is 15.6 Å². The molecule has 0 radical (unpaired) electrons. The Morgan fingerprint density at radius 3 is 2.75 bits per heavy atom. The van der Waals surface area contributed by atoms with E-state index in [1.54, 1.807) is 0 Å². The summed E-state index contributed by atoms with van der Waals surface area (Å²) in [6.07, 6.45) is -3.25. The molecule has 1 aromatic heterocycles. The molecule has 0 aromatic carbocycles. The number of aliphatic carboxylic acids is 1. The third kappa shape index (κ3) is 2.56. The maximum atomic E-state index is 12.4. The number of ether oxygens (including phenoxy) is 1. The van der Waals surface area contributed by atoms with Gasteiger partial charge in [-0.15, -0.1) is 0 Å². The zero-order valence-electron chi connectivity index (χ0n) is 8.41. The molecule has 1 rings (SSSR count). The number of rotatable bonds is 4. The van der Waals surface area contributed by atoms with Gasteiger partial charge in [-0.1, -0.05) is 0 Å². The maximum Gasteiger partial charge on any atom is 0.307 e. The van der Waals surface area contributed by atoms with Gasteiger partial charge in [0.1, 0.15) is 5.69 Å². The van der Waals surface area contributed by atoms with Crippen molar-refractivity contribution in [3.05, 3.63) is 17.3 Å². The summed E-state index contributed by atoms with van der Waals surface area (Å²) < 4.78 is 29.6. The van der Waals surface area contributed by atoms with Gasteiger partial charge in [0, 0.05) is 5.56 Å². The number of halogens is 2. The Hall–Kier alpha value is -1.92. The van der Waals surface area contributed by atoms with E-state index >= 15 is 0 Å². The van der Waals surface area contributed by atoms with Crippen LogP contribution in [0.4, 0.5) is 14.6 Å². The smallest absolute Gasteiger partial charge is 0.307 e. The molecule has 88 valence electrons. The zero-order chi connectivity index (χ0) is 12.3. The van der Waals surface area contributed by atoms with Gasteiger partial charge in [-0.3, -0.25) is 4.79 Å². The molecule has 5 nitrogen and oxygen atoms in total. The van der Waals surface area contributed by atoms with E-state index in [1.807, 2.05) is 0 Å². The Labute approximate surface area is 89.9 Å². The highest BCUT2D eigenvalue weighted by Crippen LogP contribution is 2.29.